The second kappa shape index (κ2) is 22.4. The second-order valence-electron chi connectivity index (χ2n) is 16.2. The third-order valence-electron chi connectivity index (χ3n) is 11.2. The van der Waals surface area contributed by atoms with Crippen LogP contribution >= 0.6 is 8.53 Å². The molecule has 0 aliphatic carbocycles. The van der Waals surface area contributed by atoms with E-state index >= 15 is 0 Å². The van der Waals surface area contributed by atoms with Crippen LogP contribution < -0.4 is 19.9 Å². The highest BCUT2D eigenvalue weighted by molar-refractivity contribution is 7.44. The molecule has 17 heteroatoms. The molecule has 3 aromatic carbocycles. The summed E-state index contributed by atoms with van der Waals surface area (Å²) in [5.74, 6) is 1.56. The molecular weight excluding hydrogens is 860 g/mol. The van der Waals surface area contributed by atoms with Gasteiger partial charge in [-0.15, -0.1) is 0 Å². The summed E-state index contributed by atoms with van der Waals surface area (Å²) in [6.45, 7) is 8.85. The van der Waals surface area contributed by atoms with Crippen molar-refractivity contribution in [2.45, 2.75) is 89.5 Å². The van der Waals surface area contributed by atoms with Crippen molar-refractivity contribution in [2.24, 2.45) is 0 Å². The van der Waals surface area contributed by atoms with Gasteiger partial charge in [0.15, 0.2) is 16.9 Å². The predicted octanol–water partition coefficient (Wildman–Crippen LogP) is 8.82. The summed E-state index contributed by atoms with van der Waals surface area (Å²) in [5.41, 5.74) is 9.11. The molecule has 0 bridgehead atoms. The van der Waals surface area contributed by atoms with E-state index in [-0.39, 0.29) is 62.4 Å². The maximum Gasteiger partial charge on any atom is 0.259 e. The lowest BCUT2D eigenvalue weighted by molar-refractivity contribution is -0.0912. The molecule has 1 aliphatic rings. The van der Waals surface area contributed by atoms with Crippen LogP contribution in [0.4, 0.5) is 5.95 Å². The zero-order valence-electron chi connectivity index (χ0n) is 38.1. The highest BCUT2D eigenvalue weighted by atomic mass is 31.2. The van der Waals surface area contributed by atoms with Gasteiger partial charge in [-0.3, -0.25) is 14.3 Å². The Bertz CT molecular complexity index is 2470. The molecule has 66 heavy (non-hydrogen) atoms. The fraction of sp³-hybridized carbons (Fsp3) is 0.388. The van der Waals surface area contributed by atoms with E-state index in [9.17, 15) is 10.1 Å². The minimum Gasteiger partial charge on any atom is -0.497 e. The first-order chi connectivity index (χ1) is 32.1. The molecule has 0 amide bonds. The molecule has 16 nitrogen and oxygen atoms in total. The zero-order chi connectivity index (χ0) is 46.6. The predicted molar refractivity (Wildman–Crippen MR) is 250 cm³/mol. The third kappa shape index (κ3) is 11.0. The summed E-state index contributed by atoms with van der Waals surface area (Å²) in [5, 5.41) is 9.46. The van der Waals surface area contributed by atoms with E-state index in [0.717, 1.165) is 16.7 Å². The van der Waals surface area contributed by atoms with Gasteiger partial charge in [-0.05, 0) is 87.2 Å². The minimum atomic E-state index is -1.68. The Balaban J connectivity index is 1.24. The summed E-state index contributed by atoms with van der Waals surface area (Å²) in [7, 11) is 1.59. The third-order valence-corrected chi connectivity index (χ3v) is 13.3. The molecule has 0 spiro atoms. The van der Waals surface area contributed by atoms with Crippen LogP contribution in [0.5, 0.6) is 17.4 Å². The number of aromatic nitrogens is 5. The van der Waals surface area contributed by atoms with E-state index in [4.69, 9.17) is 38.5 Å². The first-order valence-corrected chi connectivity index (χ1v) is 23.1. The molecule has 1 fully saturated rings. The van der Waals surface area contributed by atoms with Crippen molar-refractivity contribution in [2.75, 3.05) is 39.8 Å². The number of ether oxygens (including phenoxy) is 5. The molecule has 0 radical (unpaired) electrons. The number of anilines is 1. The molecule has 1 aliphatic heterocycles. The standard InChI is InChI=1S/C49H57N8O8P/c1-33(2)57(34(3)4)66(63-28-12-25-50)65-42-29-44(56-32-53-45-46(56)54-48(51)55-47(45)61-27-11-16-41(58)35-13-10-26-52-30-35)64-43(42)31-62-49(36-14-8-7-9-15-36,37-17-21-39(59-5)22-18-37)38-19-23-40(60-6)24-20-38/h7-10,13-15,17-24,26,30,32-34,42-44H,11-12,16,27-29,31H2,1-6H3,(H2,51,54,55)/t42-,43+,44+,66?/m0/s1. The first-order valence-electron chi connectivity index (χ1n) is 22.0. The highest BCUT2D eigenvalue weighted by Gasteiger charge is 2.45. The van der Waals surface area contributed by atoms with Crippen molar-refractivity contribution in [3.63, 3.8) is 0 Å². The first kappa shape index (κ1) is 47.9. The van der Waals surface area contributed by atoms with Crippen molar-refractivity contribution in [1.82, 2.24) is 29.2 Å². The van der Waals surface area contributed by atoms with Crippen LogP contribution in [0.15, 0.2) is 110 Å². The monoisotopic (exact) mass is 916 g/mol. The van der Waals surface area contributed by atoms with Crippen LogP contribution in [-0.4, -0.2) is 93.3 Å². The number of nitrogen functional groups attached to an aromatic ring is 1. The van der Waals surface area contributed by atoms with E-state index in [2.05, 4.69) is 58.4 Å². The van der Waals surface area contributed by atoms with Crippen molar-refractivity contribution in [3.8, 4) is 23.4 Å². The molecule has 4 heterocycles. The Hall–Kier alpha value is -6.05. The largest absolute Gasteiger partial charge is 0.497 e. The van der Waals surface area contributed by atoms with Gasteiger partial charge in [-0.25, -0.2) is 9.65 Å². The number of Topliss-reactive ketones (excluding diaryl/α,β-unsaturated/α-hetero) is 1. The minimum absolute atomic E-state index is 0.0121. The zero-order valence-corrected chi connectivity index (χ0v) is 39.0. The van der Waals surface area contributed by atoms with Gasteiger partial charge < -0.3 is 38.5 Å². The van der Waals surface area contributed by atoms with Crippen LogP contribution in [0.2, 0.25) is 0 Å². The SMILES string of the molecule is COc1ccc(C(OC[C@H]2O[C@@H](n3cnc4c(OCCCC(=O)c5cccnc5)nc(N)nc43)C[C@@H]2OP(OCCC#N)N(C(C)C)C(C)C)(c2ccccc2)c2ccc(OC)cc2)cc1. The number of nitrogens with zero attached hydrogens (tertiary/aromatic N) is 7. The number of methoxy groups -OCH3 is 2. The van der Waals surface area contributed by atoms with Gasteiger partial charge in [0.2, 0.25) is 11.8 Å². The average molecular weight is 917 g/mol. The smallest absolute Gasteiger partial charge is 0.259 e. The summed E-state index contributed by atoms with van der Waals surface area (Å²) < 4.78 is 49.1. The van der Waals surface area contributed by atoms with Crippen molar-refractivity contribution >= 4 is 31.4 Å². The number of hydrogen-bond acceptors (Lipinski definition) is 15. The van der Waals surface area contributed by atoms with E-state index in [1.807, 2.05) is 78.9 Å². The van der Waals surface area contributed by atoms with Crippen LogP contribution in [0.1, 0.15) is 86.7 Å². The van der Waals surface area contributed by atoms with E-state index in [0.29, 0.717) is 41.1 Å². The molecule has 1 saturated heterocycles. The molecule has 3 aromatic heterocycles. The number of carbonyl (C=O) groups is 1. The number of pyridine rings is 1. The Morgan fingerprint density at radius 1 is 0.924 bits per heavy atom. The lowest BCUT2D eigenvalue weighted by Crippen LogP contribution is -2.39. The molecule has 4 atom stereocenters. The summed E-state index contributed by atoms with van der Waals surface area (Å²) in [4.78, 5) is 30.4. The fourth-order valence-corrected chi connectivity index (χ4v) is 9.87. The Kier molecular flexibility index (Phi) is 16.3. The molecule has 0 saturated carbocycles. The topological polar surface area (TPSA) is 191 Å². The van der Waals surface area contributed by atoms with Crippen LogP contribution in [-0.2, 0) is 24.1 Å². The molecule has 6 aromatic rings. The van der Waals surface area contributed by atoms with Crippen LogP contribution in [0.3, 0.4) is 0 Å². The average Bonchev–Trinajstić information content (AvgIpc) is 3.95. The van der Waals surface area contributed by atoms with Gasteiger partial charge in [-0.1, -0.05) is 54.6 Å². The fourth-order valence-electron chi connectivity index (χ4n) is 8.12. The van der Waals surface area contributed by atoms with Gasteiger partial charge in [0.1, 0.15) is 29.4 Å². The van der Waals surface area contributed by atoms with E-state index in [1.165, 1.54) is 0 Å². The normalized spacial score (nSPS) is 16.8. The lowest BCUT2D eigenvalue weighted by atomic mass is 9.80. The maximum atomic E-state index is 12.7. The van der Waals surface area contributed by atoms with Gasteiger partial charge in [0.25, 0.3) is 8.53 Å². The van der Waals surface area contributed by atoms with Crippen molar-refractivity contribution < 1.29 is 37.5 Å². The number of benzene rings is 3. The van der Waals surface area contributed by atoms with Crippen LogP contribution in [0.25, 0.3) is 11.2 Å². The number of carbonyl (C=O) groups excluding carboxylic acids is 1. The van der Waals surface area contributed by atoms with E-state index < -0.39 is 32.6 Å². The van der Waals surface area contributed by atoms with Gasteiger partial charge in [-0.2, -0.15) is 15.2 Å². The van der Waals surface area contributed by atoms with Gasteiger partial charge in [0, 0.05) is 42.9 Å². The molecule has 1 unspecified atom stereocenters. The number of nitrogens with two attached hydrogens (primary N) is 1. The highest BCUT2D eigenvalue weighted by Crippen LogP contribution is 2.51. The molecule has 2 N–H and O–H groups in total. The second-order valence-corrected chi connectivity index (χ2v) is 17.6. The number of rotatable bonds is 23. The molecule has 346 valence electrons. The maximum absolute atomic E-state index is 12.7. The lowest BCUT2D eigenvalue weighted by Gasteiger charge is -2.39. The van der Waals surface area contributed by atoms with E-state index in [1.54, 1.807) is 49.6 Å². The van der Waals surface area contributed by atoms with Crippen molar-refractivity contribution in [1.29, 1.82) is 5.26 Å². The summed E-state index contributed by atoms with van der Waals surface area (Å²) >= 11 is 0. The number of fused-ring (bicyclic) bond motifs is 1. The molecular formula is C49H57N8O8P. The van der Waals surface area contributed by atoms with Gasteiger partial charge >= 0.3 is 0 Å². The van der Waals surface area contributed by atoms with Crippen molar-refractivity contribution in [3.05, 3.63) is 132 Å². The number of hydrogen-bond donors (Lipinski definition) is 1. The number of nitriles is 1. The van der Waals surface area contributed by atoms with Crippen LogP contribution in [0, 0.1) is 11.3 Å². The molecule has 7 rings (SSSR count). The summed E-state index contributed by atoms with van der Waals surface area (Å²) in [6.07, 6.45) is 4.19. The quantitative estimate of drug-likeness (QED) is 0.0277. The Labute approximate surface area is 386 Å². The summed E-state index contributed by atoms with van der Waals surface area (Å²) in [6, 6.07) is 31.5. The Morgan fingerprint density at radius 2 is 1.59 bits per heavy atom. The number of ketones is 1. The Morgan fingerprint density at radius 3 is 2.20 bits per heavy atom. The van der Waals surface area contributed by atoms with Gasteiger partial charge in [0.05, 0.1) is 59.0 Å². The number of imidazole rings is 1.